The summed E-state index contributed by atoms with van der Waals surface area (Å²) in [4.78, 5) is 16.2. The number of aliphatic imine (C=N–C) groups is 1. The van der Waals surface area contributed by atoms with Gasteiger partial charge in [0.15, 0.2) is 5.96 Å². The lowest BCUT2D eigenvalue weighted by Crippen LogP contribution is -2.42. The highest BCUT2D eigenvalue weighted by atomic mass is 127. The number of carbonyl (C=O) groups excluding carboxylic acids is 1. The second kappa shape index (κ2) is 13.2. The van der Waals surface area contributed by atoms with Crippen molar-refractivity contribution >= 4 is 35.8 Å². The van der Waals surface area contributed by atoms with Gasteiger partial charge in [0.2, 0.25) is 5.91 Å². The van der Waals surface area contributed by atoms with Crippen molar-refractivity contribution < 1.29 is 18.7 Å². The molecule has 8 nitrogen and oxygen atoms in total. The molecule has 2 aromatic rings. The largest absolute Gasteiger partial charge is 0.491 e. The number of nitrogens with zero attached hydrogens (tertiary/aromatic N) is 1. The third-order valence-corrected chi connectivity index (χ3v) is 4.80. The molecule has 1 fully saturated rings. The molecule has 1 atom stereocenters. The van der Waals surface area contributed by atoms with E-state index in [2.05, 4.69) is 20.9 Å². The van der Waals surface area contributed by atoms with Crippen molar-refractivity contribution in [3.05, 3.63) is 53.5 Å². The Labute approximate surface area is 200 Å². The Kier molecular flexibility index (Phi) is 10.6. The van der Waals surface area contributed by atoms with E-state index >= 15 is 0 Å². The van der Waals surface area contributed by atoms with E-state index in [1.165, 1.54) is 0 Å². The molecule has 0 spiro atoms. The van der Waals surface area contributed by atoms with Crippen molar-refractivity contribution in [1.29, 1.82) is 0 Å². The minimum atomic E-state index is -0.148. The van der Waals surface area contributed by atoms with Crippen LogP contribution in [0, 0.1) is 6.92 Å². The summed E-state index contributed by atoms with van der Waals surface area (Å²) in [5.74, 6) is 1.93. The van der Waals surface area contributed by atoms with Crippen LogP contribution in [-0.2, 0) is 22.6 Å². The first-order valence-corrected chi connectivity index (χ1v) is 10.2. The molecule has 3 N–H and O–H groups in total. The second-order valence-corrected chi connectivity index (χ2v) is 7.19. The number of halogens is 1. The molecular weight excluding hydrogens is 511 g/mol. The minimum absolute atomic E-state index is 0. The van der Waals surface area contributed by atoms with Crippen molar-refractivity contribution in [1.82, 2.24) is 16.0 Å². The molecule has 31 heavy (non-hydrogen) atoms. The van der Waals surface area contributed by atoms with E-state index < -0.39 is 0 Å². The summed E-state index contributed by atoms with van der Waals surface area (Å²) in [6, 6.07) is 9.72. The predicted octanol–water partition coefficient (Wildman–Crippen LogP) is 2.75. The lowest BCUT2D eigenvalue weighted by atomic mass is 10.1. The number of aryl methyl sites for hydroxylation is 1. The second-order valence-electron chi connectivity index (χ2n) is 7.19. The van der Waals surface area contributed by atoms with Gasteiger partial charge in [-0.1, -0.05) is 12.1 Å². The number of furan rings is 1. The van der Waals surface area contributed by atoms with Crippen LogP contribution in [0.25, 0.3) is 0 Å². The van der Waals surface area contributed by atoms with Gasteiger partial charge in [0.25, 0.3) is 0 Å². The number of nitrogens with one attached hydrogen (secondary N) is 3. The van der Waals surface area contributed by atoms with Crippen LogP contribution in [0.15, 0.2) is 46.0 Å². The van der Waals surface area contributed by atoms with Crippen molar-refractivity contribution in [2.75, 3.05) is 26.8 Å². The summed E-state index contributed by atoms with van der Waals surface area (Å²) in [5, 5.41) is 9.03. The summed E-state index contributed by atoms with van der Waals surface area (Å²) in [5.41, 5.74) is 2.15. The van der Waals surface area contributed by atoms with E-state index in [1.807, 2.05) is 31.2 Å². The van der Waals surface area contributed by atoms with Gasteiger partial charge in [0.05, 0.1) is 25.5 Å². The maximum atomic E-state index is 12.0. The average Bonchev–Trinajstić information content (AvgIpc) is 3.46. The van der Waals surface area contributed by atoms with Gasteiger partial charge in [-0.05, 0) is 43.5 Å². The smallest absolute Gasteiger partial charge is 0.239 e. The number of amides is 1. The highest BCUT2D eigenvalue weighted by Crippen LogP contribution is 2.22. The number of benzene rings is 1. The number of ether oxygens (including phenoxy) is 2. The molecule has 1 aromatic carbocycles. The molecule has 0 radical (unpaired) electrons. The topological polar surface area (TPSA) is 97.1 Å². The predicted molar refractivity (Wildman–Crippen MR) is 130 cm³/mol. The van der Waals surface area contributed by atoms with Crippen LogP contribution in [0.4, 0.5) is 0 Å². The maximum absolute atomic E-state index is 12.0. The quantitative estimate of drug-likeness (QED) is 0.256. The normalized spacial score (nSPS) is 15.8. The first-order chi connectivity index (χ1) is 14.6. The molecule has 1 saturated heterocycles. The van der Waals surface area contributed by atoms with E-state index in [1.54, 1.807) is 19.4 Å². The van der Waals surface area contributed by atoms with Crippen LogP contribution in [0.1, 0.15) is 29.7 Å². The van der Waals surface area contributed by atoms with Gasteiger partial charge in [-0.25, -0.2) is 0 Å². The number of carbonyl (C=O) groups is 1. The van der Waals surface area contributed by atoms with Crippen molar-refractivity contribution in [3.63, 3.8) is 0 Å². The van der Waals surface area contributed by atoms with Crippen LogP contribution in [-0.4, -0.2) is 44.8 Å². The van der Waals surface area contributed by atoms with Gasteiger partial charge in [-0.15, -0.1) is 24.0 Å². The lowest BCUT2D eigenvalue weighted by Gasteiger charge is -2.17. The molecule has 0 bridgehead atoms. The summed E-state index contributed by atoms with van der Waals surface area (Å²) < 4.78 is 16.9. The summed E-state index contributed by atoms with van der Waals surface area (Å²) >= 11 is 0. The number of hydrogen-bond donors (Lipinski definition) is 3. The van der Waals surface area contributed by atoms with Crippen LogP contribution in [0.3, 0.4) is 0 Å². The Morgan fingerprint density at radius 3 is 2.81 bits per heavy atom. The van der Waals surface area contributed by atoms with Crippen LogP contribution >= 0.6 is 24.0 Å². The SMILES string of the molecule is CN=C(NCC(=O)NCc1ccco1)NCc1ccc(C)cc1OCC1CCCO1.I. The molecule has 1 aromatic heterocycles. The van der Waals surface area contributed by atoms with Gasteiger partial charge in [-0.2, -0.15) is 0 Å². The average molecular weight is 542 g/mol. The molecule has 0 saturated carbocycles. The molecule has 170 valence electrons. The minimum Gasteiger partial charge on any atom is -0.491 e. The summed E-state index contributed by atoms with van der Waals surface area (Å²) in [6.07, 6.45) is 3.88. The third kappa shape index (κ3) is 8.41. The van der Waals surface area contributed by atoms with E-state index in [-0.39, 0.29) is 42.5 Å². The van der Waals surface area contributed by atoms with Gasteiger partial charge in [0, 0.05) is 25.8 Å². The Bertz CT molecular complexity index is 836. The van der Waals surface area contributed by atoms with Gasteiger partial charge < -0.3 is 29.8 Å². The van der Waals surface area contributed by atoms with Gasteiger partial charge in [0.1, 0.15) is 18.1 Å². The number of rotatable bonds is 9. The van der Waals surface area contributed by atoms with Crippen LogP contribution in [0.2, 0.25) is 0 Å². The zero-order chi connectivity index (χ0) is 21.2. The Morgan fingerprint density at radius 2 is 2.10 bits per heavy atom. The molecule has 3 rings (SSSR count). The first kappa shape index (κ1) is 25.0. The van der Waals surface area contributed by atoms with Crippen LogP contribution < -0.4 is 20.7 Å². The molecular formula is C22H31IN4O4. The van der Waals surface area contributed by atoms with Gasteiger partial charge >= 0.3 is 0 Å². The standard InChI is InChI=1S/C22H30N4O4.HI/c1-16-7-8-17(20(11-16)30-15-19-6-4-10-29-19)12-25-22(23-2)26-14-21(27)24-13-18-5-3-9-28-18;/h3,5,7-9,11,19H,4,6,10,12-15H2,1-2H3,(H,24,27)(H2,23,25,26);1H. The van der Waals surface area contributed by atoms with E-state index in [0.717, 1.165) is 36.3 Å². The lowest BCUT2D eigenvalue weighted by molar-refractivity contribution is -0.120. The number of hydrogen-bond acceptors (Lipinski definition) is 5. The molecule has 1 unspecified atom stereocenters. The van der Waals surface area contributed by atoms with Crippen LogP contribution in [0.5, 0.6) is 5.75 Å². The summed E-state index contributed by atoms with van der Waals surface area (Å²) in [7, 11) is 1.67. The molecule has 2 heterocycles. The number of guanidine groups is 1. The van der Waals surface area contributed by atoms with E-state index in [0.29, 0.717) is 31.4 Å². The molecule has 1 amide bonds. The Balaban J connectivity index is 0.00000341. The fourth-order valence-corrected chi connectivity index (χ4v) is 3.13. The van der Waals surface area contributed by atoms with Crippen molar-refractivity contribution in [3.8, 4) is 5.75 Å². The Morgan fingerprint density at radius 1 is 1.23 bits per heavy atom. The molecule has 0 aliphatic carbocycles. The first-order valence-electron chi connectivity index (χ1n) is 10.2. The fraction of sp³-hybridized carbons (Fsp3) is 0.455. The monoisotopic (exact) mass is 542 g/mol. The zero-order valence-corrected chi connectivity index (χ0v) is 20.3. The van der Waals surface area contributed by atoms with E-state index in [9.17, 15) is 4.79 Å². The van der Waals surface area contributed by atoms with Gasteiger partial charge in [-0.3, -0.25) is 9.79 Å². The third-order valence-electron chi connectivity index (χ3n) is 4.80. The fourth-order valence-electron chi connectivity index (χ4n) is 3.13. The molecule has 9 heteroatoms. The maximum Gasteiger partial charge on any atom is 0.239 e. The molecule has 1 aliphatic heterocycles. The van der Waals surface area contributed by atoms with Crippen molar-refractivity contribution in [2.45, 2.75) is 39.0 Å². The Hall–Kier alpha value is -2.27. The molecule has 1 aliphatic rings. The highest BCUT2D eigenvalue weighted by Gasteiger charge is 2.17. The van der Waals surface area contributed by atoms with E-state index in [4.69, 9.17) is 13.9 Å². The van der Waals surface area contributed by atoms with Crippen molar-refractivity contribution in [2.24, 2.45) is 4.99 Å². The summed E-state index contributed by atoms with van der Waals surface area (Å²) in [6.45, 7) is 4.39. The highest BCUT2D eigenvalue weighted by molar-refractivity contribution is 14.0. The zero-order valence-electron chi connectivity index (χ0n) is 18.0.